The lowest BCUT2D eigenvalue weighted by atomic mass is 10.4. The van der Waals surface area contributed by atoms with Crippen LogP contribution in [0.2, 0.25) is 0 Å². The lowest BCUT2D eigenvalue weighted by molar-refractivity contribution is -0.159. The van der Waals surface area contributed by atoms with Crippen LogP contribution in [-0.2, 0) is 32.7 Å². The number of ether oxygens (including phenoxy) is 2. The van der Waals surface area contributed by atoms with E-state index < -0.39 is 51.8 Å². The molecule has 0 heterocycles. The monoisotopic (exact) mass is 344 g/mol. The number of phosphoric acid groups is 1. The van der Waals surface area contributed by atoms with Crippen LogP contribution in [0.15, 0.2) is 0 Å². The number of aliphatic hydroxyl groups is 2. The number of phosphoric ester groups is 1. The van der Waals surface area contributed by atoms with Crippen molar-refractivity contribution >= 4 is 19.8 Å². The van der Waals surface area contributed by atoms with Gasteiger partial charge in [0.15, 0.2) is 6.10 Å². The molecule has 0 bridgehead atoms. The summed E-state index contributed by atoms with van der Waals surface area (Å²) < 4.78 is 30.0. The van der Waals surface area contributed by atoms with Crippen molar-refractivity contribution in [1.82, 2.24) is 0 Å². The van der Waals surface area contributed by atoms with Crippen LogP contribution in [0, 0.1) is 0 Å². The molecule has 0 saturated carbocycles. The second-order valence-corrected chi connectivity index (χ2v) is 5.62. The highest BCUT2D eigenvalue weighted by molar-refractivity contribution is 7.47. The summed E-state index contributed by atoms with van der Waals surface area (Å²) in [5, 5.41) is 17.6. The molecule has 22 heavy (non-hydrogen) atoms. The molecular weight excluding hydrogens is 323 g/mol. The predicted octanol–water partition coefficient (Wildman–Crippen LogP) is -0.642. The Morgan fingerprint density at radius 2 is 1.77 bits per heavy atom. The first kappa shape index (κ1) is 21.0. The summed E-state index contributed by atoms with van der Waals surface area (Å²) in [5.74, 6) is -1.22. The van der Waals surface area contributed by atoms with Crippen LogP contribution in [-0.4, -0.2) is 65.7 Å². The van der Waals surface area contributed by atoms with Gasteiger partial charge in [0, 0.05) is 13.3 Å². The van der Waals surface area contributed by atoms with Crippen molar-refractivity contribution in [1.29, 1.82) is 0 Å². The van der Waals surface area contributed by atoms with Gasteiger partial charge in [-0.2, -0.15) is 0 Å². The summed E-state index contributed by atoms with van der Waals surface area (Å²) in [4.78, 5) is 31.3. The number of hydrogen-bond donors (Lipinski definition) is 3. The van der Waals surface area contributed by atoms with Gasteiger partial charge in [-0.1, -0.05) is 6.92 Å². The minimum Gasteiger partial charge on any atom is -0.462 e. The number of hydrogen-bond acceptors (Lipinski definition) is 9. The van der Waals surface area contributed by atoms with Gasteiger partial charge in [0.25, 0.3) is 0 Å². The number of carbonyl (C=O) groups excluding carboxylic acids is 2. The largest absolute Gasteiger partial charge is 0.472 e. The van der Waals surface area contributed by atoms with Gasteiger partial charge in [-0.25, -0.2) is 4.57 Å². The van der Waals surface area contributed by atoms with E-state index in [9.17, 15) is 19.0 Å². The fourth-order valence-corrected chi connectivity index (χ4v) is 1.83. The van der Waals surface area contributed by atoms with Crippen molar-refractivity contribution in [3.63, 3.8) is 0 Å². The van der Waals surface area contributed by atoms with Gasteiger partial charge in [-0.05, 0) is 0 Å². The Kier molecular flexibility index (Phi) is 10.2. The number of aliphatic hydroxyl groups excluding tert-OH is 2. The van der Waals surface area contributed by atoms with E-state index in [0.29, 0.717) is 0 Å². The SMILES string of the molecule is CCC(=O)OC(COC(C)=O)COP(=O)(O)OCC(O)CO. The lowest BCUT2D eigenvalue weighted by Gasteiger charge is -2.19. The van der Waals surface area contributed by atoms with E-state index in [4.69, 9.17) is 14.9 Å². The summed E-state index contributed by atoms with van der Waals surface area (Å²) in [7, 11) is -4.52. The fourth-order valence-electron chi connectivity index (χ4n) is 1.04. The Labute approximate surface area is 127 Å². The normalized spacial score (nSPS) is 16.4. The molecule has 0 aliphatic rings. The number of carbonyl (C=O) groups is 2. The van der Waals surface area contributed by atoms with E-state index in [1.54, 1.807) is 6.92 Å². The zero-order chi connectivity index (χ0) is 17.2. The molecule has 0 amide bonds. The Bertz CT molecular complexity index is 398. The highest BCUT2D eigenvalue weighted by atomic mass is 31.2. The van der Waals surface area contributed by atoms with Gasteiger partial charge in [-0.15, -0.1) is 0 Å². The van der Waals surface area contributed by atoms with Crippen LogP contribution in [0.5, 0.6) is 0 Å². The molecule has 10 nitrogen and oxygen atoms in total. The maximum absolute atomic E-state index is 11.5. The molecule has 0 aliphatic heterocycles. The van der Waals surface area contributed by atoms with E-state index in [1.165, 1.54) is 0 Å². The summed E-state index contributed by atoms with van der Waals surface area (Å²) in [5.41, 5.74) is 0. The molecule has 3 N–H and O–H groups in total. The average molecular weight is 344 g/mol. The Morgan fingerprint density at radius 1 is 1.18 bits per heavy atom. The second kappa shape index (κ2) is 10.7. The van der Waals surface area contributed by atoms with E-state index in [-0.39, 0.29) is 13.0 Å². The third-order valence-electron chi connectivity index (χ3n) is 2.12. The Morgan fingerprint density at radius 3 is 2.27 bits per heavy atom. The molecular formula is C11H21O10P. The van der Waals surface area contributed by atoms with Gasteiger partial charge in [0.1, 0.15) is 12.7 Å². The molecule has 0 aromatic heterocycles. The second-order valence-electron chi connectivity index (χ2n) is 4.16. The predicted molar refractivity (Wildman–Crippen MR) is 71.6 cm³/mol. The van der Waals surface area contributed by atoms with E-state index in [1.807, 2.05) is 0 Å². The molecule has 3 unspecified atom stereocenters. The molecule has 3 atom stereocenters. The van der Waals surface area contributed by atoms with Gasteiger partial charge in [0.2, 0.25) is 0 Å². The molecule has 0 aliphatic carbocycles. The van der Waals surface area contributed by atoms with Crippen LogP contribution in [0.25, 0.3) is 0 Å². The molecule has 0 radical (unpaired) electrons. The molecule has 0 fully saturated rings. The highest BCUT2D eigenvalue weighted by Crippen LogP contribution is 2.43. The van der Waals surface area contributed by atoms with Gasteiger partial charge in [0.05, 0.1) is 19.8 Å². The summed E-state index contributed by atoms with van der Waals surface area (Å²) in [6.45, 7) is 0.525. The van der Waals surface area contributed by atoms with Crippen LogP contribution in [0.3, 0.4) is 0 Å². The van der Waals surface area contributed by atoms with Crippen molar-refractivity contribution in [2.24, 2.45) is 0 Å². The maximum atomic E-state index is 11.5. The molecule has 0 saturated heterocycles. The minimum atomic E-state index is -4.52. The van der Waals surface area contributed by atoms with Crippen LogP contribution in [0.4, 0.5) is 0 Å². The highest BCUT2D eigenvalue weighted by Gasteiger charge is 2.26. The molecule has 130 valence electrons. The maximum Gasteiger partial charge on any atom is 0.472 e. The van der Waals surface area contributed by atoms with Crippen molar-refractivity contribution in [3.05, 3.63) is 0 Å². The zero-order valence-electron chi connectivity index (χ0n) is 12.3. The van der Waals surface area contributed by atoms with Crippen molar-refractivity contribution < 1.29 is 47.8 Å². The third-order valence-corrected chi connectivity index (χ3v) is 3.07. The van der Waals surface area contributed by atoms with Gasteiger partial charge < -0.3 is 24.6 Å². The Hall–Kier alpha value is -1.03. The standard InChI is InChI=1S/C11H21O10P/c1-3-11(15)21-10(6-18-8(2)13)7-20-22(16,17)19-5-9(14)4-12/h9-10,12,14H,3-7H2,1-2H3,(H,16,17). The van der Waals surface area contributed by atoms with Crippen LogP contribution < -0.4 is 0 Å². The molecule has 11 heteroatoms. The molecule has 0 rings (SSSR count). The summed E-state index contributed by atoms with van der Waals surface area (Å²) in [6, 6.07) is 0. The quantitative estimate of drug-likeness (QED) is 0.326. The lowest BCUT2D eigenvalue weighted by Crippen LogP contribution is -2.29. The Balaban J connectivity index is 4.41. The van der Waals surface area contributed by atoms with E-state index >= 15 is 0 Å². The first-order chi connectivity index (χ1) is 10.2. The minimum absolute atomic E-state index is 0.0621. The molecule has 0 aromatic rings. The van der Waals surface area contributed by atoms with E-state index in [0.717, 1.165) is 6.92 Å². The average Bonchev–Trinajstić information content (AvgIpc) is 2.47. The van der Waals surface area contributed by atoms with Crippen molar-refractivity contribution in [3.8, 4) is 0 Å². The third kappa shape index (κ3) is 10.7. The van der Waals surface area contributed by atoms with Crippen LogP contribution >= 0.6 is 7.82 Å². The first-order valence-electron chi connectivity index (χ1n) is 6.43. The van der Waals surface area contributed by atoms with E-state index in [2.05, 4.69) is 13.8 Å². The zero-order valence-corrected chi connectivity index (χ0v) is 13.2. The van der Waals surface area contributed by atoms with Crippen molar-refractivity contribution in [2.45, 2.75) is 32.5 Å². The van der Waals surface area contributed by atoms with Gasteiger partial charge in [-0.3, -0.25) is 18.6 Å². The molecule has 0 aromatic carbocycles. The fraction of sp³-hybridized carbons (Fsp3) is 0.818. The summed E-state index contributed by atoms with van der Waals surface area (Å²) >= 11 is 0. The topological polar surface area (TPSA) is 149 Å². The van der Waals surface area contributed by atoms with Crippen LogP contribution in [0.1, 0.15) is 20.3 Å². The number of rotatable bonds is 11. The molecule has 0 spiro atoms. The van der Waals surface area contributed by atoms with Crippen molar-refractivity contribution in [2.75, 3.05) is 26.4 Å². The van der Waals surface area contributed by atoms with Gasteiger partial charge >= 0.3 is 19.8 Å². The number of esters is 2. The first-order valence-corrected chi connectivity index (χ1v) is 7.93. The summed E-state index contributed by atoms with van der Waals surface area (Å²) in [6.07, 6.45) is -2.35. The smallest absolute Gasteiger partial charge is 0.462 e.